The molecule has 0 radical (unpaired) electrons. The molecular formula is C18H31BrIN3O2S. The molecule has 1 aromatic rings. The molecule has 1 rings (SSSR count). The summed E-state index contributed by atoms with van der Waals surface area (Å²) >= 11 is 3.45. The zero-order chi connectivity index (χ0) is 19.1. The van der Waals surface area contributed by atoms with Gasteiger partial charge < -0.3 is 10.2 Å². The van der Waals surface area contributed by atoms with E-state index in [-0.39, 0.29) is 35.1 Å². The van der Waals surface area contributed by atoms with Crippen molar-refractivity contribution in [1.82, 2.24) is 10.2 Å². The third-order valence-electron chi connectivity index (χ3n) is 3.84. The number of halogens is 2. The van der Waals surface area contributed by atoms with E-state index >= 15 is 0 Å². The number of aliphatic imine (C=N–C) groups is 1. The molecule has 0 bridgehead atoms. The summed E-state index contributed by atoms with van der Waals surface area (Å²) in [6.07, 6.45) is 1.88. The van der Waals surface area contributed by atoms with Crippen LogP contribution in [0.5, 0.6) is 0 Å². The van der Waals surface area contributed by atoms with E-state index in [1.807, 2.05) is 26.1 Å². The van der Waals surface area contributed by atoms with E-state index in [1.54, 1.807) is 0 Å². The summed E-state index contributed by atoms with van der Waals surface area (Å²) in [7, 11) is -0.938. The Morgan fingerprint density at radius 3 is 2.35 bits per heavy atom. The number of hydrogen-bond acceptors (Lipinski definition) is 3. The monoisotopic (exact) mass is 559 g/mol. The number of guanidine groups is 1. The molecule has 0 aliphatic carbocycles. The lowest BCUT2D eigenvalue weighted by Gasteiger charge is -2.26. The van der Waals surface area contributed by atoms with Gasteiger partial charge in [0.05, 0.1) is 5.75 Å². The predicted octanol–water partition coefficient (Wildman–Crippen LogP) is 3.93. The Balaban J connectivity index is 0.00000625. The minimum atomic E-state index is -2.95. The molecule has 0 heterocycles. The van der Waals surface area contributed by atoms with Crippen LogP contribution in [-0.2, 0) is 16.4 Å². The van der Waals surface area contributed by atoms with Crippen molar-refractivity contribution in [3.63, 3.8) is 0 Å². The van der Waals surface area contributed by atoms with Crippen molar-refractivity contribution in [3.8, 4) is 0 Å². The van der Waals surface area contributed by atoms with E-state index in [1.165, 1.54) is 11.8 Å². The highest BCUT2D eigenvalue weighted by Crippen LogP contribution is 2.21. The summed E-state index contributed by atoms with van der Waals surface area (Å²) in [5, 5.41) is 3.31. The highest BCUT2D eigenvalue weighted by atomic mass is 127. The lowest BCUT2D eigenvalue weighted by atomic mass is 9.90. The zero-order valence-corrected chi connectivity index (χ0v) is 21.0. The summed E-state index contributed by atoms with van der Waals surface area (Å²) < 4.78 is 23.9. The second kappa shape index (κ2) is 11.5. The van der Waals surface area contributed by atoms with Crippen LogP contribution in [0.1, 0.15) is 32.8 Å². The van der Waals surface area contributed by atoms with Crippen LogP contribution in [0.4, 0.5) is 0 Å². The molecule has 0 saturated heterocycles. The van der Waals surface area contributed by atoms with E-state index in [0.717, 1.165) is 23.5 Å². The van der Waals surface area contributed by atoms with Gasteiger partial charge in [0.2, 0.25) is 0 Å². The van der Waals surface area contributed by atoms with Gasteiger partial charge in [0.25, 0.3) is 0 Å². The van der Waals surface area contributed by atoms with E-state index in [4.69, 9.17) is 4.99 Å². The minimum Gasteiger partial charge on any atom is -0.357 e. The molecule has 8 heteroatoms. The molecule has 0 fully saturated rings. The van der Waals surface area contributed by atoms with Gasteiger partial charge in [0.15, 0.2) is 5.96 Å². The quantitative estimate of drug-likeness (QED) is 0.298. The maximum atomic E-state index is 11.4. The van der Waals surface area contributed by atoms with Crippen molar-refractivity contribution in [2.75, 3.05) is 32.1 Å². The number of rotatable bonds is 8. The van der Waals surface area contributed by atoms with Crippen molar-refractivity contribution in [3.05, 3.63) is 34.3 Å². The highest BCUT2D eigenvalue weighted by molar-refractivity contribution is 14.0. The second-order valence-electron chi connectivity index (χ2n) is 7.20. The molecule has 0 unspecified atom stereocenters. The third kappa shape index (κ3) is 10.7. The largest absolute Gasteiger partial charge is 0.357 e. The first-order valence-electron chi connectivity index (χ1n) is 8.44. The Morgan fingerprint density at radius 1 is 1.27 bits per heavy atom. The molecular weight excluding hydrogens is 529 g/mol. The molecule has 5 nitrogen and oxygen atoms in total. The third-order valence-corrected chi connectivity index (χ3v) is 5.31. The number of nitrogens with zero attached hydrogens (tertiary/aromatic N) is 2. The summed E-state index contributed by atoms with van der Waals surface area (Å²) in [6.45, 7) is 8.27. The average Bonchev–Trinajstić information content (AvgIpc) is 2.51. The molecule has 0 aromatic heterocycles. The van der Waals surface area contributed by atoms with Gasteiger partial charge in [-0.3, -0.25) is 4.99 Å². The number of sulfone groups is 1. The molecule has 0 atom stereocenters. The van der Waals surface area contributed by atoms with Crippen LogP contribution >= 0.6 is 39.9 Å². The number of nitrogens with one attached hydrogen (secondary N) is 1. The van der Waals surface area contributed by atoms with Gasteiger partial charge in [-0.1, -0.05) is 41.9 Å². The van der Waals surface area contributed by atoms with Crippen molar-refractivity contribution in [2.24, 2.45) is 10.4 Å². The van der Waals surface area contributed by atoms with Gasteiger partial charge in [0.1, 0.15) is 9.84 Å². The van der Waals surface area contributed by atoms with Gasteiger partial charge in [-0.05, 0) is 36.5 Å². The molecule has 0 aliphatic heterocycles. The Kier molecular flexibility index (Phi) is 11.3. The molecule has 150 valence electrons. The fourth-order valence-electron chi connectivity index (χ4n) is 2.24. The molecule has 0 saturated carbocycles. The first-order valence-corrected chi connectivity index (χ1v) is 11.3. The maximum absolute atomic E-state index is 11.4. The number of hydrogen-bond donors (Lipinski definition) is 1. The van der Waals surface area contributed by atoms with Crippen LogP contribution in [0.25, 0.3) is 0 Å². The Morgan fingerprint density at radius 2 is 1.85 bits per heavy atom. The first-order chi connectivity index (χ1) is 11.5. The highest BCUT2D eigenvalue weighted by Gasteiger charge is 2.20. The smallest absolute Gasteiger partial charge is 0.193 e. The first kappa shape index (κ1) is 25.6. The van der Waals surface area contributed by atoms with E-state index < -0.39 is 9.84 Å². The van der Waals surface area contributed by atoms with Crippen molar-refractivity contribution >= 4 is 55.7 Å². The molecule has 1 aromatic carbocycles. The number of benzene rings is 1. The molecule has 0 aliphatic rings. The van der Waals surface area contributed by atoms with Gasteiger partial charge in [-0.15, -0.1) is 24.0 Å². The maximum Gasteiger partial charge on any atom is 0.193 e. The van der Waals surface area contributed by atoms with Crippen molar-refractivity contribution in [1.29, 1.82) is 0 Å². The lowest BCUT2D eigenvalue weighted by molar-refractivity contribution is 0.361. The van der Waals surface area contributed by atoms with E-state index in [9.17, 15) is 8.42 Å². The summed E-state index contributed by atoms with van der Waals surface area (Å²) in [5.74, 6) is 1.03. The van der Waals surface area contributed by atoms with Crippen molar-refractivity contribution < 1.29 is 8.42 Å². The molecule has 26 heavy (non-hydrogen) atoms. The van der Waals surface area contributed by atoms with Crippen LogP contribution in [-0.4, -0.2) is 51.4 Å². The minimum absolute atomic E-state index is 0. The summed E-state index contributed by atoms with van der Waals surface area (Å²) in [6, 6.07) is 8.23. The lowest BCUT2D eigenvalue weighted by Crippen LogP contribution is -2.39. The summed E-state index contributed by atoms with van der Waals surface area (Å²) in [4.78, 5) is 6.81. The van der Waals surface area contributed by atoms with Crippen LogP contribution in [0.15, 0.2) is 33.7 Å². The van der Waals surface area contributed by atoms with Crippen LogP contribution in [0.3, 0.4) is 0 Å². The topological polar surface area (TPSA) is 61.8 Å². The van der Waals surface area contributed by atoms with Crippen LogP contribution in [0.2, 0.25) is 0 Å². The van der Waals surface area contributed by atoms with Gasteiger partial charge in [-0.25, -0.2) is 8.42 Å². The Bertz CT molecular complexity index is 676. The molecule has 0 spiro atoms. The normalized spacial score (nSPS) is 12.5. The van der Waals surface area contributed by atoms with E-state index in [2.05, 4.69) is 52.1 Å². The van der Waals surface area contributed by atoms with E-state index in [0.29, 0.717) is 13.0 Å². The summed E-state index contributed by atoms with van der Waals surface area (Å²) in [5.41, 5.74) is 1.04. The predicted molar refractivity (Wildman–Crippen MR) is 125 cm³/mol. The van der Waals surface area contributed by atoms with Crippen molar-refractivity contribution in [2.45, 2.75) is 33.7 Å². The standard InChI is InChI=1S/C18H30BrN3O2S.HI/c1-6-20-17(21-14-18(2,3)11-12-25(5,23)24)22(4)13-15-7-9-16(19)10-8-15;/h7-10H,6,11-14H2,1-5H3,(H,20,21);1H. The van der Waals surface area contributed by atoms with Gasteiger partial charge >= 0.3 is 0 Å². The zero-order valence-electron chi connectivity index (χ0n) is 16.3. The van der Waals surface area contributed by atoms with Crippen LogP contribution in [0, 0.1) is 5.41 Å². The van der Waals surface area contributed by atoms with Gasteiger partial charge in [0, 0.05) is 37.4 Å². The molecule has 1 N–H and O–H groups in total. The second-order valence-corrected chi connectivity index (χ2v) is 10.4. The Labute approximate surface area is 184 Å². The fourth-order valence-corrected chi connectivity index (χ4v) is 3.43. The van der Waals surface area contributed by atoms with Crippen LogP contribution < -0.4 is 5.32 Å². The average molecular weight is 560 g/mol. The molecule has 0 amide bonds. The van der Waals surface area contributed by atoms with Gasteiger partial charge in [-0.2, -0.15) is 0 Å². The SMILES string of the molecule is CCNC(=NCC(C)(C)CCS(C)(=O)=O)N(C)Cc1ccc(Br)cc1.I. The fraction of sp³-hybridized carbons (Fsp3) is 0.611. The Hall–Kier alpha value is -0.350.